The minimum Gasteiger partial charge on any atom is 0 e. The Bertz CT molecular complexity index is 15.5. The van der Waals surface area contributed by atoms with Crippen molar-refractivity contribution in [3.05, 3.63) is 0 Å². The van der Waals surface area contributed by atoms with Crippen LogP contribution in [0.25, 0.3) is 0 Å². The van der Waals surface area contributed by atoms with Crippen molar-refractivity contribution in [3.8, 4) is 0 Å². The Morgan fingerprint density at radius 1 is 1.00 bits per heavy atom. The minimum absolute atomic E-state index is 0. The molecule has 0 saturated heterocycles. The van der Waals surface area contributed by atoms with Gasteiger partial charge in [0.05, 0.1) is 0 Å². The summed E-state index contributed by atoms with van der Waals surface area (Å²) >= 11 is 0. The van der Waals surface area contributed by atoms with E-state index in [-0.39, 0.29) is 102 Å². The molecule has 0 rings (SSSR count). The van der Waals surface area contributed by atoms with Crippen LogP contribution < -0.4 is 0 Å². The van der Waals surface area contributed by atoms with Crippen molar-refractivity contribution < 1.29 is 70.7 Å². The first-order valence-corrected chi connectivity index (χ1v) is 0. The van der Waals surface area contributed by atoms with E-state index in [2.05, 4.69) is 0 Å². The molecule has 0 spiro atoms. The zero-order chi connectivity index (χ0) is 0. The standard InChI is InChI=1S/B.Cu.Fe.Mg.Mn.Zn. The Morgan fingerprint density at radius 2 is 1.00 bits per heavy atom. The van der Waals surface area contributed by atoms with Crippen LogP contribution in [-0.2, 0) is 70.7 Å². The largest absolute Gasteiger partial charge is 0 e. The normalized spacial score (nSPS) is 0. The third-order valence-corrected chi connectivity index (χ3v) is 0. The quantitative estimate of drug-likeness (QED) is 0.509. The monoisotopic (exact) mass is 273 g/mol. The van der Waals surface area contributed by atoms with Gasteiger partial charge in [-0.05, 0) is 0 Å². The summed E-state index contributed by atoms with van der Waals surface area (Å²) in [6, 6.07) is 0. The molecule has 7 radical (unpaired) electrons. The van der Waals surface area contributed by atoms with Crippen LogP contribution in [0.4, 0.5) is 0 Å². The van der Waals surface area contributed by atoms with Crippen molar-refractivity contribution in [2.24, 2.45) is 0 Å². The number of hydrogen-bond donors (Lipinski definition) is 0. The molecule has 0 aliphatic carbocycles. The summed E-state index contributed by atoms with van der Waals surface area (Å²) in [5.41, 5.74) is 0. The average molecular weight is 275 g/mol. The van der Waals surface area contributed by atoms with Crippen molar-refractivity contribution >= 4 is 31.5 Å². The molecule has 0 fully saturated rings. The van der Waals surface area contributed by atoms with Gasteiger partial charge in [-0.25, -0.2) is 0 Å². The van der Waals surface area contributed by atoms with E-state index >= 15 is 0 Å². The topological polar surface area (TPSA) is 0 Å². The van der Waals surface area contributed by atoms with Gasteiger partial charge in [0, 0.05) is 102 Å². The molecule has 0 aromatic rings. The van der Waals surface area contributed by atoms with Gasteiger partial charge >= 0.3 is 0 Å². The van der Waals surface area contributed by atoms with E-state index in [4.69, 9.17) is 0 Å². The van der Waals surface area contributed by atoms with E-state index in [1.807, 2.05) is 0 Å². The zero-order valence-corrected chi connectivity index (χ0v) is 10.6. The second kappa shape index (κ2) is 43.4. The van der Waals surface area contributed by atoms with E-state index in [0.717, 1.165) is 0 Å². The van der Waals surface area contributed by atoms with E-state index < -0.39 is 0 Å². The molecule has 0 atom stereocenters. The van der Waals surface area contributed by atoms with Crippen LogP contribution >= 0.6 is 0 Å². The fourth-order valence-electron chi connectivity index (χ4n) is 0. The van der Waals surface area contributed by atoms with Crippen LogP contribution in [0.2, 0.25) is 0 Å². The summed E-state index contributed by atoms with van der Waals surface area (Å²) in [7, 11) is 0. The van der Waals surface area contributed by atoms with Gasteiger partial charge in [-0.2, -0.15) is 0 Å². The molecule has 0 aromatic carbocycles. The van der Waals surface area contributed by atoms with Crippen LogP contribution in [0.5, 0.6) is 0 Å². The first-order chi connectivity index (χ1) is 0. The van der Waals surface area contributed by atoms with Crippen LogP contribution in [0.3, 0.4) is 0 Å². The van der Waals surface area contributed by atoms with Gasteiger partial charge < -0.3 is 0 Å². The maximum Gasteiger partial charge on any atom is 0 e. The van der Waals surface area contributed by atoms with Gasteiger partial charge in [0.2, 0.25) is 0 Å². The van der Waals surface area contributed by atoms with Crippen molar-refractivity contribution in [2.75, 3.05) is 0 Å². The van der Waals surface area contributed by atoms with Crippen LogP contribution in [0, 0.1) is 0 Å². The molecular weight excluding hydrogens is 275 g/mol. The number of rotatable bonds is 0. The van der Waals surface area contributed by atoms with Crippen molar-refractivity contribution in [1.29, 1.82) is 0 Å². The Kier molecular flexibility index (Phi) is 461. The molecule has 0 aromatic heterocycles. The van der Waals surface area contributed by atoms with Gasteiger partial charge in [0.15, 0.2) is 0 Å². The van der Waals surface area contributed by atoms with E-state index in [9.17, 15) is 0 Å². The molecule has 0 unspecified atom stereocenters. The van der Waals surface area contributed by atoms with Crippen molar-refractivity contribution in [1.82, 2.24) is 0 Å². The Morgan fingerprint density at radius 3 is 1.00 bits per heavy atom. The summed E-state index contributed by atoms with van der Waals surface area (Å²) in [5.74, 6) is 0. The summed E-state index contributed by atoms with van der Waals surface area (Å²) in [4.78, 5) is 0. The van der Waals surface area contributed by atoms with Crippen LogP contribution in [0.1, 0.15) is 0 Å². The zero-order valence-electron chi connectivity index (χ0n) is 3.02. The van der Waals surface area contributed by atoms with Crippen LogP contribution in [0.15, 0.2) is 0 Å². The predicted molar refractivity (Wildman–Crippen MR) is 11.5 cm³/mol. The van der Waals surface area contributed by atoms with E-state index in [0.29, 0.717) is 0 Å². The SMILES string of the molecule is [B].[Cu].[Fe].[Mg].[Mn].[Zn]. The fraction of sp³-hybridized carbons (Fsp3) is 0. The first-order valence-electron chi connectivity index (χ1n) is 0. The minimum atomic E-state index is 0. The molecule has 33 valence electrons. The Hall–Kier alpha value is 3.01. The molecule has 6 heteroatoms. The summed E-state index contributed by atoms with van der Waals surface area (Å²) in [5, 5.41) is 0. The van der Waals surface area contributed by atoms with E-state index in [1.54, 1.807) is 0 Å². The summed E-state index contributed by atoms with van der Waals surface area (Å²) in [6.07, 6.45) is 0. The molecule has 0 saturated carbocycles. The summed E-state index contributed by atoms with van der Waals surface area (Å²) in [6.45, 7) is 0. The third-order valence-electron chi connectivity index (χ3n) is 0. The smallest absolute Gasteiger partial charge is 0 e. The van der Waals surface area contributed by atoms with Crippen molar-refractivity contribution in [2.45, 2.75) is 0 Å². The molecule has 0 amide bonds. The molecular formula is BCuFeMgMnZn. The maximum absolute atomic E-state index is 0. The van der Waals surface area contributed by atoms with E-state index in [1.165, 1.54) is 0 Å². The number of hydrogen-bond acceptors (Lipinski definition) is 0. The molecule has 0 N–H and O–H groups in total. The Labute approximate surface area is 101 Å². The van der Waals surface area contributed by atoms with Gasteiger partial charge in [-0.3, -0.25) is 0 Å². The second-order valence-corrected chi connectivity index (χ2v) is 0. The molecule has 0 aliphatic rings. The summed E-state index contributed by atoms with van der Waals surface area (Å²) < 4.78 is 0. The van der Waals surface area contributed by atoms with Gasteiger partial charge in [0.1, 0.15) is 0 Å². The Balaban J connectivity index is 0. The van der Waals surface area contributed by atoms with Gasteiger partial charge in [-0.1, -0.05) is 0 Å². The van der Waals surface area contributed by atoms with Gasteiger partial charge in [-0.15, -0.1) is 0 Å². The first kappa shape index (κ1) is 63.7. The molecule has 0 nitrogen and oxygen atoms in total. The molecule has 6 heavy (non-hydrogen) atoms. The molecule has 0 bridgehead atoms. The average Bonchev–Trinajstić information content (AvgIpc) is 0. The third kappa shape index (κ3) is 27.9. The maximum atomic E-state index is 0. The fourth-order valence-corrected chi connectivity index (χ4v) is 0. The predicted octanol–water partition coefficient (Wildman–Crippen LogP) is -0.772. The van der Waals surface area contributed by atoms with Crippen molar-refractivity contribution in [3.63, 3.8) is 0 Å². The second-order valence-electron chi connectivity index (χ2n) is 0. The molecule has 0 heterocycles. The van der Waals surface area contributed by atoms with Crippen LogP contribution in [-0.4, -0.2) is 31.5 Å². The molecule has 0 aliphatic heterocycles. The van der Waals surface area contributed by atoms with Gasteiger partial charge in [0.25, 0.3) is 0 Å².